The Morgan fingerprint density at radius 2 is 1.22 bits per heavy atom. The van der Waals surface area contributed by atoms with E-state index in [0.29, 0.717) is 24.9 Å². The number of benzene rings is 3. The number of rotatable bonds is 10. The van der Waals surface area contributed by atoms with Gasteiger partial charge in [-0.1, -0.05) is 58.0 Å². The highest BCUT2D eigenvalue weighted by Crippen LogP contribution is 2.54. The summed E-state index contributed by atoms with van der Waals surface area (Å²) in [6, 6.07) is 17.7. The van der Waals surface area contributed by atoms with Crippen molar-refractivity contribution in [3.05, 3.63) is 72.4 Å². The summed E-state index contributed by atoms with van der Waals surface area (Å²) in [6.07, 6.45) is 6.02. The van der Waals surface area contributed by atoms with Crippen LogP contribution in [0.3, 0.4) is 0 Å². The molecule has 3 aromatic carbocycles. The number of imidazole rings is 2. The number of nitrogens with one attached hydrogen (secondary N) is 4. The van der Waals surface area contributed by atoms with E-state index in [0.717, 1.165) is 94.4 Å². The first kappa shape index (κ1) is 39.5. The average Bonchev–Trinajstić information content (AvgIpc) is 4.12. The van der Waals surface area contributed by atoms with Crippen LogP contribution < -0.4 is 10.6 Å². The molecule has 4 bridgehead atoms. The van der Waals surface area contributed by atoms with E-state index in [9.17, 15) is 19.2 Å². The van der Waals surface area contributed by atoms with Gasteiger partial charge in [0, 0.05) is 18.7 Å². The molecular formula is C46H54N8O6. The van der Waals surface area contributed by atoms with Crippen molar-refractivity contribution in [3.63, 3.8) is 0 Å². The average molecular weight is 815 g/mol. The molecule has 6 atom stereocenters. The van der Waals surface area contributed by atoms with E-state index in [1.165, 1.54) is 14.2 Å². The molecule has 0 spiro atoms. The van der Waals surface area contributed by atoms with Gasteiger partial charge in [-0.05, 0) is 108 Å². The fourth-order valence-electron chi connectivity index (χ4n) is 10.6. The lowest BCUT2D eigenvalue weighted by atomic mass is 9.93. The van der Waals surface area contributed by atoms with E-state index < -0.39 is 35.3 Å². The minimum absolute atomic E-state index is 0.101. The van der Waals surface area contributed by atoms with Crippen molar-refractivity contribution >= 4 is 45.8 Å². The van der Waals surface area contributed by atoms with Crippen LogP contribution in [-0.2, 0) is 30.1 Å². The van der Waals surface area contributed by atoms with Crippen molar-refractivity contribution in [2.75, 3.05) is 27.3 Å². The van der Waals surface area contributed by atoms with E-state index in [4.69, 9.17) is 19.4 Å². The first-order chi connectivity index (χ1) is 28.8. The van der Waals surface area contributed by atoms with Crippen molar-refractivity contribution in [1.82, 2.24) is 40.4 Å². The first-order valence-electron chi connectivity index (χ1n) is 21.2. The second-order valence-corrected chi connectivity index (χ2v) is 18.1. The number of amides is 4. The van der Waals surface area contributed by atoms with Crippen LogP contribution in [0.5, 0.6) is 0 Å². The maximum absolute atomic E-state index is 14.0. The zero-order valence-corrected chi connectivity index (χ0v) is 35.1. The third-order valence-corrected chi connectivity index (χ3v) is 13.8. The number of nitrogens with zero attached hydrogens (tertiary/aromatic N) is 4. The van der Waals surface area contributed by atoms with E-state index in [1.54, 1.807) is 0 Å². The summed E-state index contributed by atoms with van der Waals surface area (Å²) in [5.41, 5.74) is 4.68. The van der Waals surface area contributed by atoms with Gasteiger partial charge >= 0.3 is 12.2 Å². The number of H-pyrrole nitrogens is 2. The molecule has 4 amide bonds. The Morgan fingerprint density at radius 1 is 0.700 bits per heavy atom. The van der Waals surface area contributed by atoms with Crippen LogP contribution in [0.15, 0.2) is 60.8 Å². The van der Waals surface area contributed by atoms with Crippen LogP contribution in [-0.4, -0.2) is 93.1 Å². The quantitative estimate of drug-likeness (QED) is 0.114. The maximum atomic E-state index is 14.0. The van der Waals surface area contributed by atoms with E-state index in [2.05, 4.69) is 69.1 Å². The minimum atomic E-state index is -0.692. The molecule has 5 aromatic rings. The number of fused-ring (bicyclic) bond motifs is 6. The summed E-state index contributed by atoms with van der Waals surface area (Å²) < 4.78 is 9.67. The molecule has 314 valence electrons. The highest BCUT2D eigenvalue weighted by atomic mass is 16.5. The number of hydrogen-bond donors (Lipinski definition) is 4. The zero-order chi connectivity index (χ0) is 42.1. The Balaban J connectivity index is 0.952. The molecule has 14 nitrogen and oxygen atoms in total. The summed E-state index contributed by atoms with van der Waals surface area (Å²) in [7, 11) is 2.62. The monoisotopic (exact) mass is 814 g/mol. The van der Waals surface area contributed by atoms with Crippen molar-refractivity contribution in [1.29, 1.82) is 0 Å². The van der Waals surface area contributed by atoms with Crippen molar-refractivity contribution in [2.45, 2.75) is 89.4 Å². The Morgan fingerprint density at radius 3 is 1.77 bits per heavy atom. The molecule has 4 N–H and O–H groups in total. The smallest absolute Gasteiger partial charge is 0.407 e. The molecular weight excluding hydrogens is 761 g/mol. The van der Waals surface area contributed by atoms with Gasteiger partial charge < -0.3 is 39.9 Å². The number of piperidine rings is 2. The number of likely N-dealkylation sites (tertiary alicyclic amines) is 2. The molecule has 4 fully saturated rings. The molecule has 4 aliphatic rings. The standard InChI is InChI=1S/C46H54N8O6/c1-25(2)37(51-43(57)59-5)39(55)53-23-27-13-15-45(53,20-27)41-47-22-36(50-41)33-10-9-29-17-30(7-8-31(29)18-33)32-11-12-34-35(19-32)49-42(48-34)46-16-14-28(21-46)24-54(46)40(56)38(26(3)4)52-44(58)60-6/h7-12,17-19,22,25-28,37-38H,13-16,20-21,23-24H2,1-6H3,(H,47,50)(H,48,49)(H,51,57)(H,52,58)/t27?,28?,37-,38-,45?,46?/m0/s1. The third-order valence-electron chi connectivity index (χ3n) is 13.8. The number of carbonyl (C=O) groups excluding carboxylic acids is 4. The molecule has 9 rings (SSSR count). The summed E-state index contributed by atoms with van der Waals surface area (Å²) in [5.74, 6) is 1.95. The molecule has 4 heterocycles. The SMILES string of the molecule is COC(=O)N[C@H](C(=O)N1CC2CCC1(c1ncc(-c3ccc4cc(-c5ccc6nc(C78CCC(CN7C(=O)[C@@H](NC(=O)OC)C(C)C)C8)[nH]c6c5)ccc4c3)[nH]1)C2)C(C)C. The van der Waals surface area contributed by atoms with Crippen molar-refractivity contribution < 1.29 is 28.7 Å². The number of ether oxygens (including phenoxy) is 2. The van der Waals surface area contributed by atoms with Gasteiger partial charge in [-0.15, -0.1) is 0 Å². The van der Waals surface area contributed by atoms with Crippen molar-refractivity contribution in [2.24, 2.45) is 23.7 Å². The Kier molecular flexibility index (Phi) is 9.86. The zero-order valence-electron chi connectivity index (χ0n) is 35.1. The number of methoxy groups -OCH3 is 2. The Labute approximate surface area is 349 Å². The molecule has 2 aromatic heterocycles. The van der Waals surface area contributed by atoms with Crippen LogP contribution in [0, 0.1) is 23.7 Å². The first-order valence-corrected chi connectivity index (χ1v) is 21.2. The summed E-state index contributed by atoms with van der Waals surface area (Å²) in [5, 5.41) is 7.71. The molecule has 2 saturated heterocycles. The minimum Gasteiger partial charge on any atom is -0.453 e. The van der Waals surface area contributed by atoms with Crippen LogP contribution in [0.1, 0.15) is 77.9 Å². The highest BCUT2D eigenvalue weighted by molar-refractivity contribution is 5.92. The molecule has 60 heavy (non-hydrogen) atoms. The molecule has 4 unspecified atom stereocenters. The Bertz CT molecular complexity index is 2510. The molecule has 0 radical (unpaired) electrons. The lowest BCUT2D eigenvalue weighted by Crippen LogP contribution is -2.56. The van der Waals surface area contributed by atoms with E-state index in [-0.39, 0.29) is 23.7 Å². The number of aromatic nitrogens is 4. The Hall–Kier alpha value is -5.92. The van der Waals surface area contributed by atoms with Gasteiger partial charge in [0.2, 0.25) is 11.8 Å². The predicted molar refractivity (Wildman–Crippen MR) is 226 cm³/mol. The summed E-state index contributed by atoms with van der Waals surface area (Å²) in [4.78, 5) is 73.4. The maximum Gasteiger partial charge on any atom is 0.407 e. The fourth-order valence-corrected chi connectivity index (χ4v) is 10.6. The molecule has 2 aliphatic heterocycles. The molecule has 2 aliphatic carbocycles. The lowest BCUT2D eigenvalue weighted by Gasteiger charge is -2.40. The summed E-state index contributed by atoms with van der Waals surface area (Å²) >= 11 is 0. The normalized spacial score (nSPS) is 24.1. The van der Waals surface area contributed by atoms with Gasteiger partial charge in [-0.25, -0.2) is 19.6 Å². The number of carbonyl (C=O) groups is 4. The van der Waals surface area contributed by atoms with E-state index in [1.807, 2.05) is 49.8 Å². The van der Waals surface area contributed by atoms with Crippen LogP contribution in [0.25, 0.3) is 44.2 Å². The van der Waals surface area contributed by atoms with Gasteiger partial charge in [0.1, 0.15) is 34.8 Å². The summed E-state index contributed by atoms with van der Waals surface area (Å²) in [6.45, 7) is 9.01. The van der Waals surface area contributed by atoms with Gasteiger partial charge in [-0.2, -0.15) is 0 Å². The lowest BCUT2D eigenvalue weighted by molar-refractivity contribution is -0.141. The van der Waals surface area contributed by atoms with Crippen LogP contribution in [0.4, 0.5) is 9.59 Å². The molecule has 2 saturated carbocycles. The fraction of sp³-hybridized carbons (Fsp3) is 0.478. The van der Waals surface area contributed by atoms with Gasteiger partial charge in [0.25, 0.3) is 0 Å². The number of alkyl carbamates (subject to hydrolysis) is 2. The van der Waals surface area contributed by atoms with Gasteiger partial charge in [0.15, 0.2) is 0 Å². The van der Waals surface area contributed by atoms with Crippen LogP contribution in [0.2, 0.25) is 0 Å². The topological polar surface area (TPSA) is 175 Å². The van der Waals surface area contributed by atoms with Crippen LogP contribution >= 0.6 is 0 Å². The second-order valence-electron chi connectivity index (χ2n) is 18.1. The molecule has 14 heteroatoms. The largest absolute Gasteiger partial charge is 0.453 e. The predicted octanol–water partition coefficient (Wildman–Crippen LogP) is 7.21. The van der Waals surface area contributed by atoms with Gasteiger partial charge in [0.05, 0.1) is 37.1 Å². The highest BCUT2D eigenvalue weighted by Gasteiger charge is 2.58. The van der Waals surface area contributed by atoms with Crippen molar-refractivity contribution in [3.8, 4) is 22.4 Å². The second kappa shape index (κ2) is 15.0. The van der Waals surface area contributed by atoms with E-state index >= 15 is 0 Å². The third kappa shape index (κ3) is 6.55. The number of aromatic amines is 2. The number of hydrogen-bond acceptors (Lipinski definition) is 8. The van der Waals surface area contributed by atoms with Gasteiger partial charge in [-0.3, -0.25) is 9.59 Å².